The van der Waals surface area contributed by atoms with E-state index in [2.05, 4.69) is 5.32 Å². The van der Waals surface area contributed by atoms with Crippen LogP contribution in [0.3, 0.4) is 0 Å². The van der Waals surface area contributed by atoms with Crippen LogP contribution in [0.25, 0.3) is 0 Å². The fraction of sp³-hybridized carbons (Fsp3) is 0.385. The number of benzene rings is 1. The van der Waals surface area contributed by atoms with Gasteiger partial charge in [0.05, 0.1) is 13.5 Å². The second-order valence-corrected chi connectivity index (χ2v) is 4.09. The Balaban J connectivity index is 2.69. The number of alkyl halides is 1. The van der Waals surface area contributed by atoms with Crippen LogP contribution in [0.15, 0.2) is 18.2 Å². The van der Waals surface area contributed by atoms with Crippen molar-refractivity contribution in [3.8, 4) is 5.75 Å². The molecular weight excluding hydrogens is 253 g/mol. The van der Waals surface area contributed by atoms with Gasteiger partial charge in [-0.3, -0.25) is 4.79 Å². The van der Waals surface area contributed by atoms with E-state index in [1.54, 1.807) is 18.2 Å². The molecule has 0 aliphatic heterocycles. The van der Waals surface area contributed by atoms with Crippen LogP contribution in [0.2, 0.25) is 0 Å². The van der Waals surface area contributed by atoms with Gasteiger partial charge in [0, 0.05) is 0 Å². The Hall–Kier alpha value is -2.11. The summed E-state index contributed by atoms with van der Waals surface area (Å²) in [6.07, 6.45) is -0.0274. The van der Waals surface area contributed by atoms with E-state index in [4.69, 9.17) is 9.84 Å². The molecule has 0 bridgehead atoms. The van der Waals surface area contributed by atoms with E-state index in [-0.39, 0.29) is 6.42 Å². The molecule has 0 aliphatic rings. The topological polar surface area (TPSA) is 75.6 Å². The molecule has 0 radical (unpaired) electrons. The molecule has 6 heteroatoms. The lowest BCUT2D eigenvalue weighted by molar-refractivity contribution is -0.142. The molecule has 104 valence electrons. The molecule has 0 heterocycles. The second-order valence-electron chi connectivity index (χ2n) is 4.09. The Morgan fingerprint density at radius 3 is 2.68 bits per heavy atom. The van der Waals surface area contributed by atoms with Gasteiger partial charge >= 0.3 is 5.97 Å². The molecule has 2 N–H and O–H groups in total. The lowest BCUT2D eigenvalue weighted by atomic mass is 10.1. The Morgan fingerprint density at radius 2 is 2.16 bits per heavy atom. The molecule has 1 amide bonds. The largest absolute Gasteiger partial charge is 0.496 e. The number of carbonyl (C=O) groups excluding carboxylic acids is 1. The van der Waals surface area contributed by atoms with Crippen molar-refractivity contribution in [2.24, 2.45) is 0 Å². The van der Waals surface area contributed by atoms with Crippen molar-refractivity contribution >= 4 is 11.9 Å². The Bertz CT molecular complexity index is 476. The predicted molar refractivity (Wildman–Crippen MR) is 67.0 cm³/mol. The number of hydrogen-bond donors (Lipinski definition) is 2. The summed E-state index contributed by atoms with van der Waals surface area (Å²) in [6, 6.07) is 3.73. The number of ether oxygens (including phenoxy) is 1. The van der Waals surface area contributed by atoms with Crippen molar-refractivity contribution in [1.29, 1.82) is 0 Å². The molecule has 0 fully saturated rings. The van der Waals surface area contributed by atoms with Gasteiger partial charge in [-0.05, 0) is 24.1 Å². The minimum absolute atomic E-state index is 0.0274. The molecule has 1 aromatic rings. The highest BCUT2D eigenvalue weighted by molar-refractivity contribution is 5.85. The van der Waals surface area contributed by atoms with Gasteiger partial charge in [0.15, 0.2) is 6.04 Å². The van der Waals surface area contributed by atoms with Crippen molar-refractivity contribution < 1.29 is 23.8 Å². The average molecular weight is 269 g/mol. The van der Waals surface area contributed by atoms with E-state index in [0.717, 1.165) is 5.56 Å². The highest BCUT2D eigenvalue weighted by Crippen LogP contribution is 2.19. The van der Waals surface area contributed by atoms with Crippen LogP contribution in [0.4, 0.5) is 4.39 Å². The van der Waals surface area contributed by atoms with E-state index in [1.165, 1.54) is 7.11 Å². The molecule has 0 saturated heterocycles. The van der Waals surface area contributed by atoms with Gasteiger partial charge in [0.25, 0.3) is 0 Å². The van der Waals surface area contributed by atoms with Crippen LogP contribution in [0.1, 0.15) is 11.1 Å². The molecule has 1 unspecified atom stereocenters. The van der Waals surface area contributed by atoms with Crippen LogP contribution < -0.4 is 10.1 Å². The monoisotopic (exact) mass is 269 g/mol. The van der Waals surface area contributed by atoms with Crippen LogP contribution in [-0.4, -0.2) is 36.8 Å². The minimum atomic E-state index is -1.50. The second kappa shape index (κ2) is 6.72. The van der Waals surface area contributed by atoms with Crippen molar-refractivity contribution in [2.75, 3.05) is 13.8 Å². The predicted octanol–water partition coefficient (Wildman–Crippen LogP) is 1.09. The Morgan fingerprint density at radius 1 is 1.47 bits per heavy atom. The quantitative estimate of drug-likeness (QED) is 0.810. The van der Waals surface area contributed by atoms with Crippen LogP contribution >= 0.6 is 0 Å². The molecule has 0 aromatic heterocycles. The van der Waals surface area contributed by atoms with E-state index in [0.29, 0.717) is 11.3 Å². The zero-order valence-corrected chi connectivity index (χ0v) is 10.8. The first kappa shape index (κ1) is 14.9. The first-order valence-electron chi connectivity index (χ1n) is 5.69. The highest BCUT2D eigenvalue weighted by atomic mass is 19.1. The first-order chi connectivity index (χ1) is 8.97. The van der Waals surface area contributed by atoms with Crippen molar-refractivity contribution in [1.82, 2.24) is 5.32 Å². The standard InChI is InChI=1S/C13H16FNO4/c1-8-3-4-9(5-11(8)19-2)6-12(16)15-10(7-14)13(17)18/h3-5,10H,6-7H2,1-2H3,(H,15,16)(H,17,18). The maximum atomic E-state index is 12.4. The molecule has 5 nitrogen and oxygen atoms in total. The van der Waals surface area contributed by atoms with Gasteiger partial charge < -0.3 is 15.2 Å². The normalized spacial score (nSPS) is 11.7. The van der Waals surface area contributed by atoms with Gasteiger partial charge in [-0.15, -0.1) is 0 Å². The zero-order valence-electron chi connectivity index (χ0n) is 10.8. The Labute approximate surface area is 110 Å². The van der Waals surface area contributed by atoms with Gasteiger partial charge in [0.2, 0.25) is 5.91 Å². The van der Waals surface area contributed by atoms with Crippen LogP contribution in [0.5, 0.6) is 5.75 Å². The zero-order chi connectivity index (χ0) is 14.4. The molecule has 0 spiro atoms. The number of hydrogen-bond acceptors (Lipinski definition) is 3. The molecular formula is C13H16FNO4. The molecule has 0 saturated carbocycles. The summed E-state index contributed by atoms with van der Waals surface area (Å²) in [6.45, 7) is 0.727. The molecule has 1 aromatic carbocycles. The fourth-order valence-corrected chi connectivity index (χ4v) is 1.57. The number of carboxylic acid groups (broad SMARTS) is 1. The van der Waals surface area contributed by atoms with E-state index in [1.807, 2.05) is 6.92 Å². The number of rotatable bonds is 6. The lowest BCUT2D eigenvalue weighted by Gasteiger charge is -2.11. The number of halogens is 1. The number of aliphatic carboxylic acids is 1. The SMILES string of the molecule is COc1cc(CC(=O)NC(CF)C(=O)O)ccc1C. The third-order valence-electron chi connectivity index (χ3n) is 2.62. The summed E-state index contributed by atoms with van der Waals surface area (Å²) >= 11 is 0. The van der Waals surface area contributed by atoms with Crippen molar-refractivity contribution in [3.63, 3.8) is 0 Å². The Kier molecular flexibility index (Phi) is 5.29. The molecule has 0 aliphatic carbocycles. The summed E-state index contributed by atoms with van der Waals surface area (Å²) in [5.41, 5.74) is 1.60. The lowest BCUT2D eigenvalue weighted by Crippen LogP contribution is -2.43. The van der Waals surface area contributed by atoms with E-state index in [9.17, 15) is 14.0 Å². The number of carboxylic acids is 1. The number of carbonyl (C=O) groups is 2. The summed E-state index contributed by atoms with van der Waals surface area (Å²) in [5, 5.41) is 10.7. The third kappa shape index (κ3) is 4.24. The van der Waals surface area contributed by atoms with E-state index < -0.39 is 24.6 Å². The minimum Gasteiger partial charge on any atom is -0.496 e. The maximum absolute atomic E-state index is 12.4. The van der Waals surface area contributed by atoms with E-state index >= 15 is 0 Å². The molecule has 19 heavy (non-hydrogen) atoms. The van der Waals surface area contributed by atoms with Gasteiger partial charge in [-0.2, -0.15) is 0 Å². The van der Waals surface area contributed by atoms with Gasteiger partial charge in [-0.25, -0.2) is 9.18 Å². The summed E-state index contributed by atoms with van der Waals surface area (Å²) in [4.78, 5) is 22.2. The summed E-state index contributed by atoms with van der Waals surface area (Å²) in [5.74, 6) is -1.29. The van der Waals surface area contributed by atoms with Crippen LogP contribution in [0, 0.1) is 6.92 Å². The van der Waals surface area contributed by atoms with Crippen LogP contribution in [-0.2, 0) is 16.0 Å². The maximum Gasteiger partial charge on any atom is 0.328 e. The third-order valence-corrected chi connectivity index (χ3v) is 2.62. The van der Waals surface area contributed by atoms with Gasteiger partial charge in [0.1, 0.15) is 12.4 Å². The number of amides is 1. The fourth-order valence-electron chi connectivity index (χ4n) is 1.57. The molecule has 1 atom stereocenters. The smallest absolute Gasteiger partial charge is 0.328 e. The highest BCUT2D eigenvalue weighted by Gasteiger charge is 2.19. The summed E-state index contributed by atoms with van der Waals surface area (Å²) in [7, 11) is 1.52. The number of aryl methyl sites for hydroxylation is 1. The van der Waals surface area contributed by atoms with Gasteiger partial charge in [-0.1, -0.05) is 12.1 Å². The van der Waals surface area contributed by atoms with Crippen molar-refractivity contribution in [3.05, 3.63) is 29.3 Å². The first-order valence-corrected chi connectivity index (χ1v) is 5.69. The number of nitrogens with one attached hydrogen (secondary N) is 1. The number of methoxy groups -OCH3 is 1. The molecule has 1 rings (SSSR count). The van der Waals surface area contributed by atoms with Crippen molar-refractivity contribution in [2.45, 2.75) is 19.4 Å². The average Bonchev–Trinajstić information content (AvgIpc) is 2.37. The summed E-state index contributed by atoms with van der Waals surface area (Å²) < 4.78 is 17.5.